The molecule has 0 bridgehead atoms. The van der Waals surface area contributed by atoms with Gasteiger partial charge in [-0.2, -0.15) is 0 Å². The van der Waals surface area contributed by atoms with Crippen LogP contribution in [0.25, 0.3) is 10.9 Å². The molecule has 2 amide bonds. The van der Waals surface area contributed by atoms with Gasteiger partial charge in [0.2, 0.25) is 5.91 Å². The number of primary amides is 1. The second-order valence-electron chi connectivity index (χ2n) is 5.00. The molecule has 0 radical (unpaired) electrons. The molecule has 0 fully saturated rings. The summed E-state index contributed by atoms with van der Waals surface area (Å²) in [4.78, 5) is 28.1. The van der Waals surface area contributed by atoms with Gasteiger partial charge in [0.05, 0.1) is 12.1 Å². The number of hydrogen-bond acceptors (Lipinski definition) is 3. The zero-order valence-electron chi connectivity index (χ0n) is 11.5. The molecule has 2 rings (SSSR count). The number of anilines is 1. The summed E-state index contributed by atoms with van der Waals surface area (Å²) in [6.45, 7) is 3.58. The summed E-state index contributed by atoms with van der Waals surface area (Å²) in [7, 11) is 0. The summed E-state index contributed by atoms with van der Waals surface area (Å²) in [5, 5.41) is 0.777. The Labute approximate surface area is 116 Å². The van der Waals surface area contributed by atoms with E-state index in [1.807, 2.05) is 13.8 Å². The van der Waals surface area contributed by atoms with Gasteiger partial charge in [-0.05, 0) is 32.0 Å². The molecule has 106 valence electrons. The first-order valence-corrected chi connectivity index (χ1v) is 6.36. The molecule has 5 N–H and O–H groups in total. The minimum Gasteiger partial charge on any atom is -0.399 e. The third-order valence-electron chi connectivity index (χ3n) is 3.15. The quantitative estimate of drug-likeness (QED) is 0.726. The minimum atomic E-state index is -0.531. The van der Waals surface area contributed by atoms with Crippen LogP contribution in [0.2, 0.25) is 0 Å². The Hall–Kier alpha value is -2.50. The van der Waals surface area contributed by atoms with Crippen molar-refractivity contribution in [3.63, 3.8) is 0 Å². The van der Waals surface area contributed by atoms with Crippen LogP contribution >= 0.6 is 0 Å². The second-order valence-corrected chi connectivity index (χ2v) is 5.00. The summed E-state index contributed by atoms with van der Waals surface area (Å²) in [5.41, 5.74) is 12.8. The van der Waals surface area contributed by atoms with Crippen molar-refractivity contribution < 1.29 is 9.59 Å². The number of fused-ring (bicyclic) bond motifs is 1. The third kappa shape index (κ3) is 2.59. The minimum absolute atomic E-state index is 0.0991. The summed E-state index contributed by atoms with van der Waals surface area (Å²) in [6, 6.07) is 5.17. The molecule has 1 aromatic heterocycles. The van der Waals surface area contributed by atoms with E-state index in [-0.39, 0.29) is 18.5 Å². The fraction of sp³-hybridized carbons (Fsp3) is 0.286. The van der Waals surface area contributed by atoms with Crippen molar-refractivity contribution in [1.82, 2.24) is 9.88 Å². The van der Waals surface area contributed by atoms with Crippen LogP contribution in [0, 0.1) is 0 Å². The Balaban J connectivity index is 2.41. The van der Waals surface area contributed by atoms with E-state index in [9.17, 15) is 9.59 Å². The number of benzene rings is 1. The maximum Gasteiger partial charge on any atom is 0.256 e. The molecule has 6 nitrogen and oxygen atoms in total. The molecular formula is C14H18N4O2. The van der Waals surface area contributed by atoms with Crippen LogP contribution < -0.4 is 11.5 Å². The van der Waals surface area contributed by atoms with E-state index in [1.165, 1.54) is 4.90 Å². The Morgan fingerprint density at radius 2 is 2.05 bits per heavy atom. The summed E-state index contributed by atoms with van der Waals surface area (Å²) in [5.74, 6) is -0.758. The molecule has 0 unspecified atom stereocenters. The van der Waals surface area contributed by atoms with Gasteiger partial charge in [-0.25, -0.2) is 0 Å². The number of nitrogen functional groups attached to an aromatic ring is 1. The van der Waals surface area contributed by atoms with Crippen LogP contribution in [0.3, 0.4) is 0 Å². The highest BCUT2D eigenvalue weighted by atomic mass is 16.2. The number of hydrogen-bond donors (Lipinski definition) is 3. The Kier molecular flexibility index (Phi) is 3.65. The maximum atomic E-state index is 12.5. The van der Waals surface area contributed by atoms with Crippen LogP contribution in [0.5, 0.6) is 0 Å². The third-order valence-corrected chi connectivity index (χ3v) is 3.15. The maximum absolute atomic E-state index is 12.5. The summed E-state index contributed by atoms with van der Waals surface area (Å²) >= 11 is 0. The number of carbonyl (C=O) groups excluding carboxylic acids is 2. The molecule has 20 heavy (non-hydrogen) atoms. The predicted molar refractivity (Wildman–Crippen MR) is 78.1 cm³/mol. The van der Waals surface area contributed by atoms with Gasteiger partial charge in [-0.3, -0.25) is 9.59 Å². The lowest BCUT2D eigenvalue weighted by Crippen LogP contribution is -2.42. The van der Waals surface area contributed by atoms with Gasteiger partial charge < -0.3 is 21.4 Å². The summed E-state index contributed by atoms with van der Waals surface area (Å²) in [6.07, 6.45) is 1.63. The Morgan fingerprint density at radius 3 is 2.65 bits per heavy atom. The van der Waals surface area contributed by atoms with E-state index < -0.39 is 5.91 Å². The number of rotatable bonds is 4. The van der Waals surface area contributed by atoms with Gasteiger partial charge >= 0.3 is 0 Å². The SMILES string of the molecule is CC(C)N(CC(N)=O)C(=O)c1c[nH]c2cc(N)ccc12. The first kappa shape index (κ1) is 13.9. The fourth-order valence-electron chi connectivity index (χ4n) is 2.13. The number of aromatic amines is 1. The first-order chi connectivity index (χ1) is 9.40. The number of H-pyrrole nitrogens is 1. The average Bonchev–Trinajstić information content (AvgIpc) is 2.77. The van der Waals surface area contributed by atoms with Crippen molar-refractivity contribution in [2.75, 3.05) is 12.3 Å². The molecular weight excluding hydrogens is 256 g/mol. The van der Waals surface area contributed by atoms with Gasteiger partial charge in [-0.1, -0.05) is 0 Å². The molecule has 0 aliphatic rings. The molecule has 0 aliphatic carbocycles. The molecule has 0 aliphatic heterocycles. The highest BCUT2D eigenvalue weighted by molar-refractivity contribution is 6.08. The lowest BCUT2D eigenvalue weighted by Gasteiger charge is -2.25. The van der Waals surface area contributed by atoms with Crippen LogP contribution in [0.1, 0.15) is 24.2 Å². The number of carbonyl (C=O) groups is 2. The van der Waals surface area contributed by atoms with Crippen molar-refractivity contribution in [1.29, 1.82) is 0 Å². The number of nitrogens with two attached hydrogens (primary N) is 2. The Bertz CT molecular complexity index is 660. The van der Waals surface area contributed by atoms with Crippen molar-refractivity contribution >= 4 is 28.4 Å². The molecule has 2 aromatic rings. The molecule has 1 heterocycles. The lowest BCUT2D eigenvalue weighted by atomic mass is 10.1. The zero-order valence-corrected chi connectivity index (χ0v) is 11.5. The fourth-order valence-corrected chi connectivity index (χ4v) is 2.13. The highest BCUT2D eigenvalue weighted by Crippen LogP contribution is 2.22. The van der Waals surface area contributed by atoms with Gasteiger partial charge in [0.1, 0.15) is 0 Å². The number of nitrogens with zero attached hydrogens (tertiary/aromatic N) is 1. The number of aromatic nitrogens is 1. The van der Waals surface area contributed by atoms with Crippen LogP contribution in [-0.2, 0) is 4.79 Å². The van der Waals surface area contributed by atoms with Gasteiger partial charge in [0.15, 0.2) is 0 Å². The molecule has 1 aromatic carbocycles. The van der Waals surface area contributed by atoms with Gasteiger partial charge in [-0.15, -0.1) is 0 Å². The van der Waals surface area contributed by atoms with E-state index in [1.54, 1.807) is 24.4 Å². The molecule has 0 saturated heterocycles. The van der Waals surface area contributed by atoms with E-state index >= 15 is 0 Å². The van der Waals surface area contributed by atoms with Crippen LogP contribution in [0.15, 0.2) is 24.4 Å². The second kappa shape index (κ2) is 5.24. The number of nitrogens with one attached hydrogen (secondary N) is 1. The predicted octanol–water partition coefficient (Wildman–Crippen LogP) is 1.09. The van der Waals surface area contributed by atoms with Crippen molar-refractivity contribution in [3.05, 3.63) is 30.0 Å². The average molecular weight is 274 g/mol. The standard InChI is InChI=1S/C14H18N4O2/c1-8(2)18(7-13(16)19)14(20)11-6-17-12-5-9(15)3-4-10(11)12/h3-6,8,17H,7,15H2,1-2H3,(H2,16,19). The van der Waals surface area contributed by atoms with Crippen LogP contribution in [0.4, 0.5) is 5.69 Å². The van der Waals surface area contributed by atoms with Gasteiger partial charge in [0.25, 0.3) is 5.91 Å². The van der Waals surface area contributed by atoms with Crippen molar-refractivity contribution in [2.45, 2.75) is 19.9 Å². The molecule has 0 atom stereocenters. The number of amides is 2. The van der Waals surface area contributed by atoms with Gasteiger partial charge in [0, 0.05) is 28.8 Å². The van der Waals surface area contributed by atoms with Crippen molar-refractivity contribution in [3.8, 4) is 0 Å². The lowest BCUT2D eigenvalue weighted by molar-refractivity contribution is -0.119. The first-order valence-electron chi connectivity index (χ1n) is 6.36. The Morgan fingerprint density at radius 1 is 1.35 bits per heavy atom. The van der Waals surface area contributed by atoms with E-state index in [4.69, 9.17) is 11.5 Å². The topological polar surface area (TPSA) is 105 Å². The van der Waals surface area contributed by atoms with E-state index in [0.29, 0.717) is 11.3 Å². The van der Waals surface area contributed by atoms with E-state index in [2.05, 4.69) is 4.98 Å². The largest absolute Gasteiger partial charge is 0.399 e. The smallest absolute Gasteiger partial charge is 0.256 e. The normalized spacial score (nSPS) is 10.9. The highest BCUT2D eigenvalue weighted by Gasteiger charge is 2.22. The molecule has 0 saturated carbocycles. The van der Waals surface area contributed by atoms with Crippen molar-refractivity contribution in [2.24, 2.45) is 5.73 Å². The zero-order chi connectivity index (χ0) is 14.9. The molecule has 0 spiro atoms. The summed E-state index contributed by atoms with van der Waals surface area (Å²) < 4.78 is 0. The monoisotopic (exact) mass is 274 g/mol. The molecule has 6 heteroatoms. The van der Waals surface area contributed by atoms with Crippen LogP contribution in [-0.4, -0.2) is 34.3 Å². The van der Waals surface area contributed by atoms with E-state index in [0.717, 1.165) is 10.9 Å².